The minimum absolute atomic E-state index is 0.00190. The third-order valence-corrected chi connectivity index (χ3v) is 4.47. The highest BCUT2D eigenvalue weighted by molar-refractivity contribution is 9.10. The summed E-state index contributed by atoms with van der Waals surface area (Å²) in [5, 5.41) is 2.83. The summed E-state index contributed by atoms with van der Waals surface area (Å²) in [6.45, 7) is 2.03. The second kappa shape index (κ2) is 5.53. The highest BCUT2D eigenvalue weighted by atomic mass is 79.9. The lowest BCUT2D eigenvalue weighted by Crippen LogP contribution is -2.12. The standard InChI is InChI=1S/C13H13BrClNS/c1-8-2-9(4-11(15)3-8)13(16)6-12-5-10(14)7-17-12/h2-5,7,13H,6,16H2,1H3. The fraction of sp³-hybridized carbons (Fsp3) is 0.231. The topological polar surface area (TPSA) is 26.0 Å². The lowest BCUT2D eigenvalue weighted by molar-refractivity contribution is 0.729. The number of rotatable bonds is 3. The van der Waals surface area contributed by atoms with E-state index in [1.165, 1.54) is 4.88 Å². The van der Waals surface area contributed by atoms with Gasteiger partial charge in [0.2, 0.25) is 0 Å². The van der Waals surface area contributed by atoms with Crippen molar-refractivity contribution in [1.82, 2.24) is 0 Å². The number of benzene rings is 1. The average molecular weight is 331 g/mol. The van der Waals surface area contributed by atoms with E-state index in [0.717, 1.165) is 27.0 Å². The molecule has 2 rings (SSSR count). The minimum Gasteiger partial charge on any atom is -0.324 e. The summed E-state index contributed by atoms with van der Waals surface area (Å²) in [5.41, 5.74) is 8.45. The monoisotopic (exact) mass is 329 g/mol. The Kier molecular flexibility index (Phi) is 4.26. The molecular formula is C13H13BrClNS. The number of thiophene rings is 1. The van der Waals surface area contributed by atoms with E-state index in [4.69, 9.17) is 17.3 Å². The van der Waals surface area contributed by atoms with E-state index in [0.29, 0.717) is 0 Å². The molecule has 0 aliphatic carbocycles. The first-order valence-corrected chi connectivity index (χ1v) is 7.35. The molecule has 1 atom stereocenters. The van der Waals surface area contributed by atoms with Crippen LogP contribution < -0.4 is 5.73 Å². The van der Waals surface area contributed by atoms with Crippen LogP contribution in [0.3, 0.4) is 0 Å². The first-order valence-electron chi connectivity index (χ1n) is 5.30. The van der Waals surface area contributed by atoms with E-state index in [2.05, 4.69) is 33.4 Å². The van der Waals surface area contributed by atoms with Gasteiger partial charge in [-0.25, -0.2) is 0 Å². The zero-order valence-electron chi connectivity index (χ0n) is 9.41. The Morgan fingerprint density at radius 1 is 1.35 bits per heavy atom. The second-order valence-electron chi connectivity index (χ2n) is 4.10. The Balaban J connectivity index is 2.16. The summed E-state index contributed by atoms with van der Waals surface area (Å²) in [6.07, 6.45) is 0.843. The number of hydrogen-bond acceptors (Lipinski definition) is 2. The zero-order valence-corrected chi connectivity index (χ0v) is 12.6. The fourth-order valence-electron chi connectivity index (χ4n) is 1.77. The largest absolute Gasteiger partial charge is 0.324 e. The lowest BCUT2D eigenvalue weighted by atomic mass is 10.0. The molecule has 90 valence electrons. The highest BCUT2D eigenvalue weighted by Gasteiger charge is 2.10. The van der Waals surface area contributed by atoms with Crippen LogP contribution in [0.5, 0.6) is 0 Å². The molecule has 0 saturated carbocycles. The Morgan fingerprint density at radius 3 is 2.71 bits per heavy atom. The number of nitrogens with two attached hydrogens (primary N) is 1. The average Bonchev–Trinajstić information content (AvgIpc) is 2.62. The van der Waals surface area contributed by atoms with Crippen molar-refractivity contribution in [3.05, 3.63) is 55.1 Å². The summed E-state index contributed by atoms with van der Waals surface area (Å²) in [7, 11) is 0. The summed E-state index contributed by atoms with van der Waals surface area (Å²) in [4.78, 5) is 1.28. The van der Waals surface area contributed by atoms with Gasteiger partial charge in [0.25, 0.3) is 0 Å². The van der Waals surface area contributed by atoms with Crippen molar-refractivity contribution in [3.63, 3.8) is 0 Å². The molecule has 1 aromatic heterocycles. The van der Waals surface area contributed by atoms with Gasteiger partial charge in [0, 0.05) is 32.2 Å². The predicted molar refractivity (Wildman–Crippen MR) is 78.8 cm³/mol. The quantitative estimate of drug-likeness (QED) is 0.866. The van der Waals surface area contributed by atoms with Gasteiger partial charge in [0.15, 0.2) is 0 Å². The number of hydrogen-bond donors (Lipinski definition) is 1. The van der Waals surface area contributed by atoms with E-state index in [-0.39, 0.29) is 6.04 Å². The van der Waals surface area contributed by atoms with Gasteiger partial charge < -0.3 is 5.73 Å². The Labute approximate surface area is 119 Å². The molecule has 0 bridgehead atoms. The smallest absolute Gasteiger partial charge is 0.0411 e. The summed E-state index contributed by atoms with van der Waals surface area (Å²) in [5.74, 6) is 0. The molecule has 0 fully saturated rings. The molecule has 0 radical (unpaired) electrons. The van der Waals surface area contributed by atoms with Gasteiger partial charge in [0.05, 0.1) is 0 Å². The molecule has 1 heterocycles. The molecule has 0 spiro atoms. The van der Waals surface area contributed by atoms with Crippen molar-refractivity contribution >= 4 is 38.9 Å². The SMILES string of the molecule is Cc1cc(Cl)cc(C(N)Cc2cc(Br)cs2)c1. The van der Waals surface area contributed by atoms with Crippen LogP contribution in [0.15, 0.2) is 34.1 Å². The predicted octanol–water partition coefficient (Wildman–Crippen LogP) is 4.71. The number of halogens is 2. The van der Waals surface area contributed by atoms with Crippen LogP contribution in [0.4, 0.5) is 0 Å². The summed E-state index contributed by atoms with van der Waals surface area (Å²) < 4.78 is 1.12. The maximum Gasteiger partial charge on any atom is 0.0411 e. The third-order valence-electron chi connectivity index (χ3n) is 2.54. The van der Waals surface area contributed by atoms with E-state index < -0.39 is 0 Å². The van der Waals surface area contributed by atoms with Crippen molar-refractivity contribution < 1.29 is 0 Å². The maximum absolute atomic E-state index is 6.21. The van der Waals surface area contributed by atoms with E-state index in [1.54, 1.807) is 11.3 Å². The normalized spacial score (nSPS) is 12.7. The molecule has 0 aliphatic rings. The van der Waals surface area contributed by atoms with Gasteiger partial charge in [0.1, 0.15) is 0 Å². The van der Waals surface area contributed by atoms with Crippen molar-refractivity contribution in [2.45, 2.75) is 19.4 Å². The molecule has 1 nitrogen and oxygen atoms in total. The molecule has 17 heavy (non-hydrogen) atoms. The molecule has 4 heteroatoms. The van der Waals surface area contributed by atoms with Crippen LogP contribution in [0.2, 0.25) is 5.02 Å². The van der Waals surface area contributed by atoms with E-state index in [9.17, 15) is 0 Å². The molecule has 0 aliphatic heterocycles. The van der Waals surface area contributed by atoms with E-state index >= 15 is 0 Å². The van der Waals surface area contributed by atoms with Crippen LogP contribution in [0, 0.1) is 6.92 Å². The molecule has 0 saturated heterocycles. The maximum atomic E-state index is 6.21. The Bertz CT molecular complexity index is 504. The summed E-state index contributed by atoms with van der Waals surface area (Å²) in [6, 6.07) is 8.10. The van der Waals surface area contributed by atoms with Gasteiger partial charge in [-0.15, -0.1) is 11.3 Å². The first-order chi connectivity index (χ1) is 8.04. The van der Waals surface area contributed by atoms with Crippen molar-refractivity contribution in [3.8, 4) is 0 Å². The minimum atomic E-state index is -0.00190. The summed E-state index contributed by atoms with van der Waals surface area (Å²) >= 11 is 11.2. The van der Waals surface area contributed by atoms with Gasteiger partial charge in [-0.2, -0.15) is 0 Å². The second-order valence-corrected chi connectivity index (χ2v) is 6.45. The van der Waals surface area contributed by atoms with Gasteiger partial charge >= 0.3 is 0 Å². The van der Waals surface area contributed by atoms with E-state index in [1.807, 2.05) is 19.1 Å². The Morgan fingerprint density at radius 2 is 2.12 bits per heavy atom. The molecular weight excluding hydrogens is 318 g/mol. The number of aryl methyl sites for hydroxylation is 1. The first kappa shape index (κ1) is 13.1. The van der Waals surface area contributed by atoms with Crippen LogP contribution in [-0.4, -0.2) is 0 Å². The van der Waals surface area contributed by atoms with Crippen LogP contribution >= 0.6 is 38.9 Å². The molecule has 2 N–H and O–H groups in total. The fourth-order valence-corrected chi connectivity index (χ4v) is 3.58. The van der Waals surface area contributed by atoms with Crippen molar-refractivity contribution in [2.75, 3.05) is 0 Å². The molecule has 0 amide bonds. The zero-order chi connectivity index (χ0) is 12.4. The van der Waals surface area contributed by atoms with Crippen molar-refractivity contribution in [2.24, 2.45) is 5.73 Å². The van der Waals surface area contributed by atoms with Gasteiger partial charge in [-0.05, 0) is 52.2 Å². The molecule has 2 aromatic rings. The molecule has 1 unspecified atom stereocenters. The Hall–Kier alpha value is -0.350. The van der Waals surface area contributed by atoms with Crippen LogP contribution in [0.25, 0.3) is 0 Å². The van der Waals surface area contributed by atoms with Crippen LogP contribution in [0.1, 0.15) is 22.0 Å². The van der Waals surface area contributed by atoms with Gasteiger partial charge in [-0.1, -0.05) is 17.7 Å². The lowest BCUT2D eigenvalue weighted by Gasteiger charge is -2.12. The highest BCUT2D eigenvalue weighted by Crippen LogP contribution is 2.26. The van der Waals surface area contributed by atoms with Crippen molar-refractivity contribution in [1.29, 1.82) is 0 Å². The third kappa shape index (κ3) is 3.55. The molecule has 1 aromatic carbocycles. The van der Waals surface area contributed by atoms with Gasteiger partial charge in [-0.3, -0.25) is 0 Å². The van der Waals surface area contributed by atoms with Crippen LogP contribution in [-0.2, 0) is 6.42 Å².